The highest BCUT2D eigenvalue weighted by Crippen LogP contribution is 2.35. The van der Waals surface area contributed by atoms with E-state index in [0.29, 0.717) is 17.1 Å². The van der Waals surface area contributed by atoms with E-state index in [1.54, 1.807) is 25.1 Å². The maximum atomic E-state index is 12.1. The molecular weight excluding hydrogens is 250 g/mol. The summed E-state index contributed by atoms with van der Waals surface area (Å²) in [5, 5.41) is 8.85. The number of carbonyl (C=O) groups excluding carboxylic acids is 1. The van der Waals surface area contributed by atoms with Crippen molar-refractivity contribution in [2.45, 2.75) is 19.1 Å². The maximum absolute atomic E-state index is 12.1. The van der Waals surface area contributed by atoms with Crippen LogP contribution in [0.4, 0.5) is 11.4 Å². The van der Waals surface area contributed by atoms with Gasteiger partial charge >= 0.3 is 5.97 Å². The van der Waals surface area contributed by atoms with Crippen LogP contribution in [-0.2, 0) is 9.59 Å². The van der Waals surface area contributed by atoms with E-state index >= 15 is 0 Å². The molecule has 7 nitrogen and oxygen atoms in total. The van der Waals surface area contributed by atoms with Crippen LogP contribution in [-0.4, -0.2) is 35.7 Å². The zero-order chi connectivity index (χ0) is 14.2. The molecule has 19 heavy (non-hydrogen) atoms. The standard InChI is InChI=1S/C12H15N3O4/c1-6-11(16)15(5-8(14)12(17)18)9-4-7(13)2-3-10(9)19-6/h2-4,6,8H,5,13-14H2,1H3,(H,17,18). The lowest BCUT2D eigenvalue weighted by Crippen LogP contribution is -2.51. The van der Waals surface area contributed by atoms with E-state index in [-0.39, 0.29) is 12.5 Å². The Labute approximate surface area is 109 Å². The highest BCUT2D eigenvalue weighted by atomic mass is 16.5. The van der Waals surface area contributed by atoms with Crippen molar-refractivity contribution in [2.24, 2.45) is 5.73 Å². The van der Waals surface area contributed by atoms with Gasteiger partial charge in [0.25, 0.3) is 5.91 Å². The lowest BCUT2D eigenvalue weighted by molar-refractivity contribution is -0.138. The molecule has 0 aromatic heterocycles. The molecule has 1 aliphatic heterocycles. The number of carbonyl (C=O) groups is 2. The predicted molar refractivity (Wildman–Crippen MR) is 68.9 cm³/mol. The molecule has 1 aromatic rings. The summed E-state index contributed by atoms with van der Waals surface area (Å²) in [6.45, 7) is 1.47. The minimum Gasteiger partial charge on any atom is -0.480 e. The van der Waals surface area contributed by atoms with E-state index in [2.05, 4.69) is 0 Å². The third-order valence-corrected chi connectivity index (χ3v) is 2.89. The van der Waals surface area contributed by atoms with Crippen LogP contribution in [0.1, 0.15) is 6.92 Å². The summed E-state index contributed by atoms with van der Waals surface area (Å²) < 4.78 is 5.44. The number of ether oxygens (including phenoxy) is 1. The lowest BCUT2D eigenvalue weighted by atomic mass is 10.1. The second kappa shape index (κ2) is 4.77. The van der Waals surface area contributed by atoms with Crippen molar-refractivity contribution < 1.29 is 19.4 Å². The van der Waals surface area contributed by atoms with Crippen molar-refractivity contribution in [1.82, 2.24) is 0 Å². The average molecular weight is 265 g/mol. The van der Waals surface area contributed by atoms with Crippen molar-refractivity contribution in [2.75, 3.05) is 17.2 Å². The van der Waals surface area contributed by atoms with Crippen LogP contribution in [0.5, 0.6) is 5.75 Å². The van der Waals surface area contributed by atoms with Crippen molar-refractivity contribution in [3.63, 3.8) is 0 Å². The van der Waals surface area contributed by atoms with E-state index in [4.69, 9.17) is 21.3 Å². The first kappa shape index (κ1) is 13.2. The Hall–Kier alpha value is -2.28. The number of anilines is 2. The van der Waals surface area contributed by atoms with Gasteiger partial charge in [-0.05, 0) is 25.1 Å². The van der Waals surface area contributed by atoms with E-state index in [0.717, 1.165) is 0 Å². The molecule has 0 saturated heterocycles. The summed E-state index contributed by atoms with van der Waals surface area (Å²) in [5.41, 5.74) is 12.1. The number of fused-ring (bicyclic) bond motifs is 1. The topological polar surface area (TPSA) is 119 Å². The first-order valence-electron chi connectivity index (χ1n) is 5.76. The Balaban J connectivity index is 2.38. The summed E-state index contributed by atoms with van der Waals surface area (Å²) in [6, 6.07) is 3.69. The lowest BCUT2D eigenvalue weighted by Gasteiger charge is -2.33. The zero-order valence-electron chi connectivity index (χ0n) is 10.4. The first-order chi connectivity index (χ1) is 8.90. The fourth-order valence-electron chi connectivity index (χ4n) is 1.89. The van der Waals surface area contributed by atoms with Gasteiger partial charge in [-0.3, -0.25) is 9.59 Å². The van der Waals surface area contributed by atoms with Gasteiger partial charge in [0.2, 0.25) is 0 Å². The van der Waals surface area contributed by atoms with Crippen LogP contribution in [0.2, 0.25) is 0 Å². The van der Waals surface area contributed by atoms with Gasteiger partial charge in [-0.15, -0.1) is 0 Å². The van der Waals surface area contributed by atoms with Crippen LogP contribution in [0.25, 0.3) is 0 Å². The minimum absolute atomic E-state index is 0.127. The van der Waals surface area contributed by atoms with Crippen LogP contribution >= 0.6 is 0 Å². The maximum Gasteiger partial charge on any atom is 0.322 e. The number of amides is 1. The van der Waals surface area contributed by atoms with E-state index in [1.807, 2.05) is 0 Å². The van der Waals surface area contributed by atoms with Gasteiger partial charge in [-0.25, -0.2) is 0 Å². The van der Waals surface area contributed by atoms with E-state index < -0.39 is 18.1 Å². The molecule has 7 heteroatoms. The molecule has 5 N–H and O–H groups in total. The number of carboxylic acids is 1. The van der Waals surface area contributed by atoms with E-state index in [9.17, 15) is 9.59 Å². The number of nitrogen functional groups attached to an aromatic ring is 1. The van der Waals surface area contributed by atoms with Crippen LogP contribution < -0.4 is 21.1 Å². The molecular formula is C12H15N3O4. The first-order valence-corrected chi connectivity index (χ1v) is 5.76. The van der Waals surface area contributed by atoms with Crippen molar-refractivity contribution in [1.29, 1.82) is 0 Å². The van der Waals surface area contributed by atoms with Gasteiger partial charge in [0, 0.05) is 5.69 Å². The zero-order valence-corrected chi connectivity index (χ0v) is 10.4. The number of nitrogens with zero attached hydrogens (tertiary/aromatic N) is 1. The van der Waals surface area contributed by atoms with Crippen LogP contribution in [0.3, 0.4) is 0 Å². The van der Waals surface area contributed by atoms with Gasteiger partial charge in [-0.2, -0.15) is 0 Å². The van der Waals surface area contributed by atoms with Gasteiger partial charge in [0.05, 0.1) is 12.2 Å². The molecule has 2 rings (SSSR count). The molecule has 0 fully saturated rings. The Bertz CT molecular complexity index is 532. The number of rotatable bonds is 3. The summed E-state index contributed by atoms with van der Waals surface area (Å²) in [6.07, 6.45) is -0.683. The predicted octanol–water partition coefficient (Wildman–Crippen LogP) is -0.205. The summed E-state index contributed by atoms with van der Waals surface area (Å²) >= 11 is 0. The van der Waals surface area contributed by atoms with Gasteiger partial charge in [-0.1, -0.05) is 0 Å². The summed E-state index contributed by atoms with van der Waals surface area (Å²) in [5.74, 6) is -1.02. The molecule has 1 aliphatic rings. The van der Waals surface area contributed by atoms with Crippen molar-refractivity contribution in [3.8, 4) is 5.75 Å². The highest BCUT2D eigenvalue weighted by molar-refractivity contribution is 6.00. The van der Waals surface area contributed by atoms with Gasteiger partial charge in [0.1, 0.15) is 11.8 Å². The summed E-state index contributed by atoms with van der Waals surface area (Å²) in [7, 11) is 0. The molecule has 1 amide bonds. The minimum atomic E-state index is -1.17. The molecule has 1 aromatic carbocycles. The fraction of sp³-hybridized carbons (Fsp3) is 0.333. The molecule has 0 spiro atoms. The van der Waals surface area contributed by atoms with Gasteiger partial charge in [0.15, 0.2) is 6.10 Å². The molecule has 0 aliphatic carbocycles. The molecule has 0 bridgehead atoms. The van der Waals surface area contributed by atoms with Crippen LogP contribution in [0, 0.1) is 0 Å². The monoisotopic (exact) mass is 265 g/mol. The average Bonchev–Trinajstić information content (AvgIpc) is 2.35. The Morgan fingerprint density at radius 3 is 2.89 bits per heavy atom. The molecule has 1 heterocycles. The second-order valence-corrected chi connectivity index (χ2v) is 4.38. The normalized spacial score (nSPS) is 19.6. The largest absolute Gasteiger partial charge is 0.480 e. The SMILES string of the molecule is CC1Oc2ccc(N)cc2N(CC(N)C(=O)O)C1=O. The molecule has 2 unspecified atom stereocenters. The quantitative estimate of drug-likeness (QED) is 0.651. The van der Waals surface area contributed by atoms with Crippen LogP contribution in [0.15, 0.2) is 18.2 Å². The molecule has 2 atom stereocenters. The third kappa shape index (κ3) is 2.45. The molecule has 0 saturated carbocycles. The number of aliphatic carboxylic acids is 1. The number of nitrogens with two attached hydrogens (primary N) is 2. The number of hydrogen-bond donors (Lipinski definition) is 3. The Kier molecular flexibility index (Phi) is 3.30. The molecule has 102 valence electrons. The van der Waals surface area contributed by atoms with E-state index in [1.165, 1.54) is 4.90 Å². The van der Waals surface area contributed by atoms with Crippen molar-refractivity contribution >= 4 is 23.3 Å². The highest BCUT2D eigenvalue weighted by Gasteiger charge is 2.33. The van der Waals surface area contributed by atoms with Crippen molar-refractivity contribution in [3.05, 3.63) is 18.2 Å². The smallest absolute Gasteiger partial charge is 0.322 e. The fourth-order valence-corrected chi connectivity index (χ4v) is 1.89. The third-order valence-electron chi connectivity index (χ3n) is 2.89. The number of hydrogen-bond acceptors (Lipinski definition) is 5. The number of benzene rings is 1. The second-order valence-electron chi connectivity index (χ2n) is 4.38. The molecule has 0 radical (unpaired) electrons. The Morgan fingerprint density at radius 2 is 2.26 bits per heavy atom. The number of carboxylic acid groups (broad SMARTS) is 1. The Morgan fingerprint density at radius 1 is 1.58 bits per heavy atom. The van der Waals surface area contributed by atoms with Gasteiger partial charge < -0.3 is 26.2 Å². The summed E-state index contributed by atoms with van der Waals surface area (Å²) in [4.78, 5) is 24.2.